The van der Waals surface area contributed by atoms with Gasteiger partial charge in [0.05, 0.1) is 0 Å². The second-order valence-corrected chi connectivity index (χ2v) is 6.33. The second kappa shape index (κ2) is 8.93. The van der Waals surface area contributed by atoms with Gasteiger partial charge in [0.1, 0.15) is 0 Å². The Hall–Kier alpha value is -0.120. The maximum absolute atomic E-state index is 8.80. The van der Waals surface area contributed by atoms with Gasteiger partial charge in [0.15, 0.2) is 0 Å². The van der Waals surface area contributed by atoms with Crippen LogP contribution < -0.4 is 5.73 Å². The van der Waals surface area contributed by atoms with E-state index in [-0.39, 0.29) is 5.54 Å². The van der Waals surface area contributed by atoms with Crippen LogP contribution in [-0.4, -0.2) is 41.8 Å². The highest BCUT2D eigenvalue weighted by Gasteiger charge is 2.37. The number of hydrogen-bond acceptors (Lipinski definition) is 3. The van der Waals surface area contributed by atoms with E-state index in [0.717, 1.165) is 31.8 Å². The zero-order valence-corrected chi connectivity index (χ0v) is 13.0. The summed E-state index contributed by atoms with van der Waals surface area (Å²) in [6.07, 6.45) is 9.78. The molecule has 3 heteroatoms. The van der Waals surface area contributed by atoms with Crippen LogP contribution in [0.1, 0.15) is 65.2 Å². The van der Waals surface area contributed by atoms with Crippen LogP contribution >= 0.6 is 0 Å². The summed E-state index contributed by atoms with van der Waals surface area (Å²) in [7, 11) is 0. The molecule has 0 spiro atoms. The first kappa shape index (κ1) is 16.9. The van der Waals surface area contributed by atoms with Gasteiger partial charge < -0.3 is 10.8 Å². The number of unbranched alkanes of at least 4 members (excludes halogenated alkanes) is 3. The summed E-state index contributed by atoms with van der Waals surface area (Å²) in [5.41, 5.74) is 6.41. The Morgan fingerprint density at radius 2 is 1.79 bits per heavy atom. The van der Waals surface area contributed by atoms with Gasteiger partial charge in [-0.15, -0.1) is 0 Å². The van der Waals surface area contributed by atoms with Crippen molar-refractivity contribution in [3.05, 3.63) is 0 Å². The van der Waals surface area contributed by atoms with E-state index in [0.29, 0.717) is 6.61 Å². The summed E-state index contributed by atoms with van der Waals surface area (Å²) < 4.78 is 0. The fourth-order valence-electron chi connectivity index (χ4n) is 3.45. The van der Waals surface area contributed by atoms with E-state index in [9.17, 15) is 0 Å². The number of aliphatic hydroxyl groups is 1. The Balaban J connectivity index is 2.41. The number of aliphatic hydroxyl groups excluding tert-OH is 1. The Morgan fingerprint density at radius 3 is 2.32 bits per heavy atom. The highest BCUT2D eigenvalue weighted by Crippen LogP contribution is 2.35. The molecule has 0 unspecified atom stereocenters. The number of hydrogen-bond donors (Lipinski definition) is 2. The molecule has 0 aromatic heterocycles. The van der Waals surface area contributed by atoms with Crippen molar-refractivity contribution in [3.8, 4) is 0 Å². The normalized spacial score (nSPS) is 27.9. The molecule has 114 valence electrons. The molecule has 0 aromatic carbocycles. The summed E-state index contributed by atoms with van der Waals surface area (Å²) in [6, 6.07) is 0. The molecule has 1 aliphatic carbocycles. The van der Waals surface area contributed by atoms with Crippen LogP contribution in [0.2, 0.25) is 0 Å². The summed E-state index contributed by atoms with van der Waals surface area (Å²) in [6.45, 7) is 8.07. The van der Waals surface area contributed by atoms with Crippen LogP contribution in [0.25, 0.3) is 0 Å². The number of nitrogens with two attached hydrogens (primary N) is 1. The van der Waals surface area contributed by atoms with E-state index in [1.54, 1.807) is 0 Å². The SMILES string of the molecule is CCN(CCCCCCO)C1(CN)CCC(C)CC1. The fourth-order valence-corrected chi connectivity index (χ4v) is 3.45. The maximum atomic E-state index is 8.80. The van der Waals surface area contributed by atoms with Gasteiger partial charge in [-0.1, -0.05) is 26.7 Å². The lowest BCUT2D eigenvalue weighted by molar-refractivity contribution is 0.0474. The van der Waals surface area contributed by atoms with Crippen LogP contribution in [0.5, 0.6) is 0 Å². The van der Waals surface area contributed by atoms with Crippen molar-refractivity contribution in [1.29, 1.82) is 0 Å². The molecule has 1 fully saturated rings. The lowest BCUT2D eigenvalue weighted by Crippen LogP contribution is -2.55. The molecule has 0 heterocycles. The van der Waals surface area contributed by atoms with Crippen molar-refractivity contribution >= 4 is 0 Å². The van der Waals surface area contributed by atoms with E-state index in [2.05, 4.69) is 18.7 Å². The standard InChI is InChI=1S/C16H34N2O/c1-3-18(12-6-4-5-7-13-19)16(14-17)10-8-15(2)9-11-16/h15,19H,3-14,17H2,1-2H3. The fraction of sp³-hybridized carbons (Fsp3) is 1.00. The van der Waals surface area contributed by atoms with E-state index >= 15 is 0 Å². The lowest BCUT2D eigenvalue weighted by atomic mass is 9.76. The molecule has 0 radical (unpaired) electrons. The summed E-state index contributed by atoms with van der Waals surface area (Å²) in [5, 5.41) is 8.80. The van der Waals surface area contributed by atoms with Crippen molar-refractivity contribution in [2.24, 2.45) is 11.7 Å². The molecule has 3 nitrogen and oxygen atoms in total. The second-order valence-electron chi connectivity index (χ2n) is 6.33. The van der Waals surface area contributed by atoms with Gasteiger partial charge in [0, 0.05) is 18.7 Å². The molecule has 0 saturated heterocycles. The van der Waals surface area contributed by atoms with Crippen LogP contribution in [0.4, 0.5) is 0 Å². The van der Waals surface area contributed by atoms with Crippen molar-refractivity contribution in [2.75, 3.05) is 26.2 Å². The topological polar surface area (TPSA) is 49.5 Å². The van der Waals surface area contributed by atoms with Gasteiger partial charge in [-0.05, 0) is 57.5 Å². The lowest BCUT2D eigenvalue weighted by Gasteiger charge is -2.47. The van der Waals surface area contributed by atoms with E-state index in [1.165, 1.54) is 45.1 Å². The van der Waals surface area contributed by atoms with Crippen LogP contribution in [0.15, 0.2) is 0 Å². The molecule has 19 heavy (non-hydrogen) atoms. The molecule has 0 bridgehead atoms. The molecule has 0 aromatic rings. The Kier molecular flexibility index (Phi) is 7.96. The summed E-state index contributed by atoms with van der Waals surface area (Å²) >= 11 is 0. The first-order valence-electron chi connectivity index (χ1n) is 8.24. The summed E-state index contributed by atoms with van der Waals surface area (Å²) in [4.78, 5) is 2.64. The number of rotatable bonds is 9. The van der Waals surface area contributed by atoms with Crippen molar-refractivity contribution < 1.29 is 5.11 Å². The van der Waals surface area contributed by atoms with Gasteiger partial charge >= 0.3 is 0 Å². The molecular weight excluding hydrogens is 236 g/mol. The van der Waals surface area contributed by atoms with Crippen molar-refractivity contribution in [3.63, 3.8) is 0 Å². The molecule has 0 amide bonds. The first-order valence-corrected chi connectivity index (χ1v) is 8.24. The Bertz CT molecular complexity index is 225. The van der Waals surface area contributed by atoms with E-state index < -0.39 is 0 Å². The molecular formula is C16H34N2O. The minimum Gasteiger partial charge on any atom is -0.396 e. The highest BCUT2D eigenvalue weighted by atomic mass is 16.2. The van der Waals surface area contributed by atoms with Crippen LogP contribution in [-0.2, 0) is 0 Å². The molecule has 1 saturated carbocycles. The minimum absolute atomic E-state index is 0.276. The minimum atomic E-state index is 0.276. The predicted molar refractivity (Wildman–Crippen MR) is 82.2 cm³/mol. The van der Waals surface area contributed by atoms with Crippen LogP contribution in [0, 0.1) is 5.92 Å². The van der Waals surface area contributed by atoms with E-state index in [4.69, 9.17) is 10.8 Å². The predicted octanol–water partition coefficient (Wildman–Crippen LogP) is 2.77. The van der Waals surface area contributed by atoms with E-state index in [1.807, 2.05) is 0 Å². The number of likely N-dealkylation sites (N-methyl/N-ethyl adjacent to an activating group) is 1. The average molecular weight is 270 g/mol. The first-order chi connectivity index (χ1) is 9.18. The largest absolute Gasteiger partial charge is 0.396 e. The van der Waals surface area contributed by atoms with Gasteiger partial charge in [-0.25, -0.2) is 0 Å². The third-order valence-corrected chi connectivity index (χ3v) is 4.97. The third kappa shape index (κ3) is 5.05. The highest BCUT2D eigenvalue weighted by molar-refractivity contribution is 4.95. The van der Waals surface area contributed by atoms with Gasteiger partial charge in [-0.3, -0.25) is 4.90 Å². The van der Waals surface area contributed by atoms with Gasteiger partial charge in [-0.2, -0.15) is 0 Å². The molecule has 1 rings (SSSR count). The number of nitrogens with zero attached hydrogens (tertiary/aromatic N) is 1. The molecule has 0 aliphatic heterocycles. The van der Waals surface area contributed by atoms with Gasteiger partial charge in [0.2, 0.25) is 0 Å². The Labute approximate surface area is 119 Å². The maximum Gasteiger partial charge on any atom is 0.0431 e. The van der Waals surface area contributed by atoms with Crippen LogP contribution in [0.3, 0.4) is 0 Å². The monoisotopic (exact) mass is 270 g/mol. The van der Waals surface area contributed by atoms with Gasteiger partial charge in [0.25, 0.3) is 0 Å². The van der Waals surface area contributed by atoms with Crippen molar-refractivity contribution in [1.82, 2.24) is 4.90 Å². The molecule has 0 atom stereocenters. The Morgan fingerprint density at radius 1 is 1.16 bits per heavy atom. The average Bonchev–Trinajstić information content (AvgIpc) is 2.44. The third-order valence-electron chi connectivity index (χ3n) is 4.97. The molecule has 1 aliphatic rings. The van der Waals surface area contributed by atoms with Crippen molar-refractivity contribution in [2.45, 2.75) is 70.8 Å². The zero-order chi connectivity index (χ0) is 14.1. The zero-order valence-electron chi connectivity index (χ0n) is 13.0. The quantitative estimate of drug-likeness (QED) is 0.633. The smallest absolute Gasteiger partial charge is 0.0431 e. The summed E-state index contributed by atoms with van der Waals surface area (Å²) in [5.74, 6) is 0.878. The molecule has 3 N–H and O–H groups in total.